The first-order valence-corrected chi connectivity index (χ1v) is 11.5. The van der Waals surface area contributed by atoms with Gasteiger partial charge in [0, 0.05) is 5.56 Å². The first-order chi connectivity index (χ1) is 14.3. The lowest BCUT2D eigenvalue weighted by atomic mass is 9.90. The number of carbonyl (C=O) groups is 2. The van der Waals surface area contributed by atoms with Crippen LogP contribution < -0.4 is 15.7 Å². The molecule has 1 aromatic heterocycles. The number of carboxylic acids is 1. The van der Waals surface area contributed by atoms with Crippen molar-refractivity contribution in [1.29, 1.82) is 0 Å². The predicted octanol–water partition coefficient (Wildman–Crippen LogP) is 3.07. The standard InChI is InChI=1S/C22H27NO6S/c1-12-10-17(28-13(2)20(24)23-16(21(25)26)8-9-30-3)19-14-6-4-5-7-15(14)22(27)29-18(19)11-12/h10-11,13,16H,4-9H2,1-3H3,(H,23,24)(H,25,26)/t13-,16-/m0/s1. The van der Waals surface area contributed by atoms with Crippen molar-refractivity contribution < 1.29 is 23.8 Å². The quantitative estimate of drug-likeness (QED) is 0.616. The molecule has 162 valence electrons. The van der Waals surface area contributed by atoms with E-state index in [-0.39, 0.29) is 5.63 Å². The summed E-state index contributed by atoms with van der Waals surface area (Å²) in [5, 5.41) is 12.6. The number of aliphatic carboxylic acids is 1. The number of rotatable bonds is 8. The zero-order valence-corrected chi connectivity index (χ0v) is 18.3. The Bertz CT molecular complexity index is 1010. The summed E-state index contributed by atoms with van der Waals surface area (Å²) in [5.74, 6) is -0.461. The molecule has 2 N–H and O–H groups in total. The second-order valence-electron chi connectivity index (χ2n) is 7.63. The highest BCUT2D eigenvalue weighted by molar-refractivity contribution is 7.98. The third kappa shape index (κ3) is 4.80. The normalized spacial score (nSPS) is 15.3. The molecule has 8 heteroatoms. The zero-order chi connectivity index (χ0) is 21.8. The Kier molecular flexibility index (Phi) is 7.07. The number of amides is 1. The van der Waals surface area contributed by atoms with Gasteiger partial charge in [0.25, 0.3) is 5.91 Å². The van der Waals surface area contributed by atoms with Gasteiger partial charge in [-0.1, -0.05) is 0 Å². The van der Waals surface area contributed by atoms with Crippen molar-refractivity contribution in [2.45, 2.75) is 58.1 Å². The fraction of sp³-hybridized carbons (Fsp3) is 0.500. The molecule has 1 aliphatic rings. The molecule has 0 saturated carbocycles. The minimum atomic E-state index is -1.07. The highest BCUT2D eigenvalue weighted by Crippen LogP contribution is 2.35. The number of fused-ring (bicyclic) bond motifs is 3. The van der Waals surface area contributed by atoms with Gasteiger partial charge in [0.1, 0.15) is 17.4 Å². The van der Waals surface area contributed by atoms with Gasteiger partial charge >= 0.3 is 11.6 Å². The summed E-state index contributed by atoms with van der Waals surface area (Å²) in [7, 11) is 0. The average Bonchev–Trinajstić information content (AvgIpc) is 2.70. The van der Waals surface area contributed by atoms with Crippen molar-refractivity contribution in [3.8, 4) is 5.75 Å². The topological polar surface area (TPSA) is 106 Å². The van der Waals surface area contributed by atoms with Gasteiger partial charge in [-0.25, -0.2) is 9.59 Å². The number of aryl methyl sites for hydroxylation is 2. The van der Waals surface area contributed by atoms with Crippen molar-refractivity contribution in [3.05, 3.63) is 39.2 Å². The summed E-state index contributed by atoms with van der Waals surface area (Å²) < 4.78 is 11.5. The van der Waals surface area contributed by atoms with Crippen molar-refractivity contribution >= 4 is 34.6 Å². The predicted molar refractivity (Wildman–Crippen MR) is 117 cm³/mol. The zero-order valence-electron chi connectivity index (χ0n) is 17.4. The van der Waals surface area contributed by atoms with Gasteiger partial charge in [-0.3, -0.25) is 4.79 Å². The Balaban J connectivity index is 1.90. The summed E-state index contributed by atoms with van der Waals surface area (Å²) in [5.41, 5.74) is 2.60. The van der Waals surface area contributed by atoms with Crippen LogP contribution in [0.4, 0.5) is 0 Å². The first kappa shape index (κ1) is 22.2. The molecule has 0 aliphatic heterocycles. The van der Waals surface area contributed by atoms with E-state index >= 15 is 0 Å². The third-order valence-corrected chi connectivity index (χ3v) is 5.97. The van der Waals surface area contributed by atoms with Crippen LogP contribution >= 0.6 is 11.8 Å². The van der Waals surface area contributed by atoms with Crippen molar-refractivity contribution in [1.82, 2.24) is 5.32 Å². The molecule has 1 amide bonds. The number of carboxylic acid groups (broad SMARTS) is 1. The van der Waals surface area contributed by atoms with Gasteiger partial charge in [-0.15, -0.1) is 0 Å². The molecular weight excluding hydrogens is 406 g/mol. The minimum Gasteiger partial charge on any atom is -0.480 e. The molecule has 0 bridgehead atoms. The van der Waals surface area contributed by atoms with E-state index in [0.29, 0.717) is 35.5 Å². The number of benzene rings is 1. The van der Waals surface area contributed by atoms with E-state index < -0.39 is 24.0 Å². The Morgan fingerprint density at radius 2 is 1.97 bits per heavy atom. The molecule has 0 fully saturated rings. The van der Waals surface area contributed by atoms with Crippen molar-refractivity contribution in [3.63, 3.8) is 0 Å². The van der Waals surface area contributed by atoms with Crippen LogP contribution in [-0.2, 0) is 22.4 Å². The summed E-state index contributed by atoms with van der Waals surface area (Å²) in [6.45, 7) is 3.45. The van der Waals surface area contributed by atoms with Gasteiger partial charge < -0.3 is 19.6 Å². The van der Waals surface area contributed by atoms with Crippen LogP contribution in [0.3, 0.4) is 0 Å². The number of ether oxygens (including phenoxy) is 1. The Morgan fingerprint density at radius 1 is 1.27 bits per heavy atom. The summed E-state index contributed by atoms with van der Waals surface area (Å²) in [4.78, 5) is 36.4. The van der Waals surface area contributed by atoms with E-state index in [0.717, 1.165) is 35.8 Å². The van der Waals surface area contributed by atoms with Crippen LogP contribution in [-0.4, -0.2) is 41.1 Å². The van der Waals surface area contributed by atoms with Crippen LogP contribution in [0.1, 0.15) is 42.9 Å². The third-order valence-electron chi connectivity index (χ3n) is 5.33. The average molecular weight is 434 g/mol. The lowest BCUT2D eigenvalue weighted by Gasteiger charge is -2.22. The molecule has 7 nitrogen and oxygen atoms in total. The second-order valence-corrected chi connectivity index (χ2v) is 8.62. The molecule has 30 heavy (non-hydrogen) atoms. The van der Waals surface area contributed by atoms with Gasteiger partial charge in [-0.05, 0) is 81.2 Å². The fourth-order valence-electron chi connectivity index (χ4n) is 3.79. The Labute approximate surface area is 179 Å². The van der Waals surface area contributed by atoms with Crippen LogP contribution in [0.25, 0.3) is 11.0 Å². The van der Waals surface area contributed by atoms with Crippen LogP contribution in [0.5, 0.6) is 5.75 Å². The van der Waals surface area contributed by atoms with Crippen molar-refractivity contribution in [2.24, 2.45) is 0 Å². The summed E-state index contributed by atoms with van der Waals surface area (Å²) in [6.07, 6.45) is 4.66. The van der Waals surface area contributed by atoms with Gasteiger partial charge in [-0.2, -0.15) is 11.8 Å². The van der Waals surface area contributed by atoms with E-state index in [1.54, 1.807) is 13.0 Å². The fourth-order valence-corrected chi connectivity index (χ4v) is 4.26. The molecule has 0 radical (unpaired) electrons. The van der Waals surface area contributed by atoms with Crippen LogP contribution in [0.2, 0.25) is 0 Å². The molecule has 2 aromatic rings. The highest BCUT2D eigenvalue weighted by atomic mass is 32.2. The molecule has 0 unspecified atom stereocenters. The number of hydrogen-bond acceptors (Lipinski definition) is 6. The van der Waals surface area contributed by atoms with Crippen LogP contribution in [0, 0.1) is 6.92 Å². The lowest BCUT2D eigenvalue weighted by molar-refractivity contribution is -0.142. The SMILES string of the molecule is CSCC[C@H](NC(=O)[C@H](C)Oc1cc(C)cc2oc(=O)c3c(c12)CCCC3)C(=O)O. The molecule has 1 heterocycles. The van der Waals surface area contributed by atoms with Gasteiger partial charge in [0.2, 0.25) is 0 Å². The molecular formula is C22H27NO6S. The van der Waals surface area contributed by atoms with Gasteiger partial charge in [0.05, 0.1) is 5.39 Å². The number of hydrogen-bond donors (Lipinski definition) is 2. The van der Waals surface area contributed by atoms with Gasteiger partial charge in [0.15, 0.2) is 6.10 Å². The van der Waals surface area contributed by atoms with E-state index in [9.17, 15) is 19.5 Å². The lowest BCUT2D eigenvalue weighted by Crippen LogP contribution is -2.46. The minimum absolute atomic E-state index is 0.308. The maximum atomic E-state index is 12.6. The molecule has 3 rings (SSSR count). The molecule has 2 atom stereocenters. The second kappa shape index (κ2) is 9.55. The molecule has 0 saturated heterocycles. The molecule has 1 aromatic carbocycles. The molecule has 0 spiro atoms. The highest BCUT2D eigenvalue weighted by Gasteiger charge is 2.26. The first-order valence-electron chi connectivity index (χ1n) is 10.1. The van der Waals surface area contributed by atoms with E-state index in [1.165, 1.54) is 11.8 Å². The Morgan fingerprint density at radius 3 is 2.63 bits per heavy atom. The number of carbonyl (C=O) groups excluding carboxylic acids is 1. The smallest absolute Gasteiger partial charge is 0.339 e. The van der Waals surface area contributed by atoms with E-state index in [4.69, 9.17) is 9.15 Å². The van der Waals surface area contributed by atoms with E-state index in [1.807, 2.05) is 19.2 Å². The summed E-state index contributed by atoms with van der Waals surface area (Å²) in [6, 6.07) is 2.66. The van der Waals surface area contributed by atoms with Crippen LogP contribution in [0.15, 0.2) is 21.3 Å². The molecule has 1 aliphatic carbocycles. The Hall–Kier alpha value is -2.48. The summed E-state index contributed by atoms with van der Waals surface area (Å²) >= 11 is 1.52. The largest absolute Gasteiger partial charge is 0.480 e. The van der Waals surface area contributed by atoms with E-state index in [2.05, 4.69) is 5.32 Å². The maximum absolute atomic E-state index is 12.6. The van der Waals surface area contributed by atoms with Crippen molar-refractivity contribution in [2.75, 3.05) is 12.0 Å². The monoisotopic (exact) mass is 433 g/mol. The maximum Gasteiger partial charge on any atom is 0.339 e. The number of nitrogens with one attached hydrogen (secondary N) is 1. The number of thioether (sulfide) groups is 1.